The molecule has 1 aromatic rings. The monoisotopic (exact) mass is 218 g/mol. The molecule has 1 saturated heterocycles. The Hall–Kier alpha value is -1.35. The van der Waals surface area contributed by atoms with Crippen LogP contribution < -0.4 is 5.73 Å². The van der Waals surface area contributed by atoms with Crippen LogP contribution in [0.1, 0.15) is 23.5 Å². The summed E-state index contributed by atoms with van der Waals surface area (Å²) >= 11 is 0. The van der Waals surface area contributed by atoms with E-state index in [0.717, 1.165) is 19.5 Å². The number of rotatable bonds is 3. The summed E-state index contributed by atoms with van der Waals surface area (Å²) in [5.74, 6) is 0.323. The van der Waals surface area contributed by atoms with Gasteiger partial charge in [0.1, 0.15) is 0 Å². The van der Waals surface area contributed by atoms with Crippen LogP contribution in [0.4, 0.5) is 0 Å². The zero-order valence-corrected chi connectivity index (χ0v) is 9.65. The largest absolute Gasteiger partial charge is 0.369 e. The van der Waals surface area contributed by atoms with Crippen molar-refractivity contribution in [3.8, 4) is 0 Å². The zero-order valence-electron chi connectivity index (χ0n) is 9.65. The fourth-order valence-electron chi connectivity index (χ4n) is 2.39. The number of aryl methyl sites for hydroxylation is 1. The second-order valence-electron chi connectivity index (χ2n) is 4.60. The maximum atomic E-state index is 10.8. The number of benzene rings is 1. The highest BCUT2D eigenvalue weighted by atomic mass is 16.1. The average molecular weight is 218 g/mol. The smallest absolute Gasteiger partial charge is 0.231 e. The van der Waals surface area contributed by atoms with Crippen LogP contribution in [0.2, 0.25) is 0 Å². The second kappa shape index (κ2) is 4.66. The van der Waals surface area contributed by atoms with Crippen LogP contribution in [0.5, 0.6) is 0 Å². The van der Waals surface area contributed by atoms with Gasteiger partial charge in [-0.1, -0.05) is 29.8 Å². The summed E-state index contributed by atoms with van der Waals surface area (Å²) in [6.45, 7) is 4.43. The molecule has 2 N–H and O–H groups in total. The first-order chi connectivity index (χ1) is 7.65. The number of carbonyl (C=O) groups excluding carboxylic acids is 1. The Morgan fingerprint density at radius 1 is 1.56 bits per heavy atom. The fourth-order valence-corrected chi connectivity index (χ4v) is 2.39. The first-order valence-corrected chi connectivity index (χ1v) is 5.72. The van der Waals surface area contributed by atoms with Gasteiger partial charge in [-0.25, -0.2) is 0 Å². The number of hydrogen-bond acceptors (Lipinski definition) is 2. The molecule has 0 aromatic heterocycles. The predicted molar refractivity (Wildman–Crippen MR) is 64.2 cm³/mol. The molecule has 0 saturated carbocycles. The van der Waals surface area contributed by atoms with Gasteiger partial charge in [0.2, 0.25) is 5.91 Å². The van der Waals surface area contributed by atoms with Gasteiger partial charge in [-0.15, -0.1) is 0 Å². The van der Waals surface area contributed by atoms with Crippen molar-refractivity contribution in [2.24, 2.45) is 5.73 Å². The van der Waals surface area contributed by atoms with Crippen LogP contribution in [0.25, 0.3) is 0 Å². The maximum Gasteiger partial charge on any atom is 0.231 e. The molecular weight excluding hydrogens is 200 g/mol. The van der Waals surface area contributed by atoms with E-state index in [1.807, 2.05) is 0 Å². The molecule has 3 heteroatoms. The standard InChI is InChI=1S/C13H18N2O/c1-10-3-2-4-11(7-10)12-5-6-15(8-12)9-13(14)16/h2-4,7,12H,5-6,8-9H2,1H3,(H2,14,16). The number of likely N-dealkylation sites (tertiary alicyclic amines) is 1. The summed E-state index contributed by atoms with van der Waals surface area (Å²) in [6.07, 6.45) is 1.12. The lowest BCUT2D eigenvalue weighted by molar-refractivity contribution is -0.118. The lowest BCUT2D eigenvalue weighted by Gasteiger charge is -2.14. The van der Waals surface area contributed by atoms with E-state index in [2.05, 4.69) is 36.1 Å². The van der Waals surface area contributed by atoms with Crippen molar-refractivity contribution in [1.29, 1.82) is 0 Å². The van der Waals surface area contributed by atoms with Crippen LogP contribution >= 0.6 is 0 Å². The minimum absolute atomic E-state index is 0.232. The summed E-state index contributed by atoms with van der Waals surface area (Å²) in [5.41, 5.74) is 7.88. The third kappa shape index (κ3) is 2.61. The number of carbonyl (C=O) groups is 1. The molecule has 1 aliphatic heterocycles. The summed E-state index contributed by atoms with van der Waals surface area (Å²) in [7, 11) is 0. The van der Waals surface area contributed by atoms with Gasteiger partial charge in [0.15, 0.2) is 0 Å². The van der Waals surface area contributed by atoms with Crippen LogP contribution in [-0.2, 0) is 4.79 Å². The Bertz CT molecular complexity index is 389. The SMILES string of the molecule is Cc1cccc(C2CCN(CC(N)=O)C2)c1. The minimum atomic E-state index is -0.232. The van der Waals surface area contributed by atoms with Crippen molar-refractivity contribution in [1.82, 2.24) is 4.90 Å². The third-order valence-corrected chi connectivity index (χ3v) is 3.17. The molecule has 0 spiro atoms. The highest BCUT2D eigenvalue weighted by Crippen LogP contribution is 2.27. The molecule has 0 bridgehead atoms. The Morgan fingerprint density at radius 2 is 2.38 bits per heavy atom. The third-order valence-electron chi connectivity index (χ3n) is 3.17. The molecule has 0 radical (unpaired) electrons. The van der Waals surface area contributed by atoms with Crippen LogP contribution in [0.15, 0.2) is 24.3 Å². The van der Waals surface area contributed by atoms with Crippen molar-refractivity contribution in [3.63, 3.8) is 0 Å². The average Bonchev–Trinajstić information content (AvgIpc) is 2.65. The minimum Gasteiger partial charge on any atom is -0.369 e. The van der Waals surface area contributed by atoms with Gasteiger partial charge in [0.25, 0.3) is 0 Å². The highest BCUT2D eigenvalue weighted by Gasteiger charge is 2.24. The van der Waals surface area contributed by atoms with Gasteiger partial charge in [0, 0.05) is 6.54 Å². The van der Waals surface area contributed by atoms with Crippen molar-refractivity contribution in [3.05, 3.63) is 35.4 Å². The molecule has 1 heterocycles. The summed E-state index contributed by atoms with van der Waals surface area (Å²) in [4.78, 5) is 13.0. The molecule has 86 valence electrons. The molecule has 1 fully saturated rings. The molecule has 0 aliphatic carbocycles. The molecule has 2 rings (SSSR count). The van der Waals surface area contributed by atoms with Crippen molar-refractivity contribution in [2.45, 2.75) is 19.3 Å². The molecule has 1 atom stereocenters. The van der Waals surface area contributed by atoms with E-state index in [4.69, 9.17) is 5.73 Å². The quantitative estimate of drug-likeness (QED) is 0.830. The molecule has 1 aliphatic rings. The van der Waals surface area contributed by atoms with Crippen LogP contribution in [0.3, 0.4) is 0 Å². The molecular formula is C13H18N2O. The molecule has 1 aromatic carbocycles. The predicted octanol–water partition coefficient (Wildman–Crippen LogP) is 1.27. The van der Waals surface area contributed by atoms with E-state index in [0.29, 0.717) is 12.5 Å². The normalized spacial score (nSPS) is 21.2. The Labute approximate surface area is 96.2 Å². The summed E-state index contributed by atoms with van der Waals surface area (Å²) in [5, 5.41) is 0. The van der Waals surface area contributed by atoms with E-state index in [9.17, 15) is 4.79 Å². The zero-order chi connectivity index (χ0) is 11.5. The highest BCUT2D eigenvalue weighted by molar-refractivity contribution is 5.75. The van der Waals surface area contributed by atoms with Gasteiger partial charge in [-0.05, 0) is 31.4 Å². The van der Waals surface area contributed by atoms with Gasteiger partial charge in [-0.2, -0.15) is 0 Å². The first kappa shape index (κ1) is 11.1. The molecule has 16 heavy (non-hydrogen) atoms. The van der Waals surface area contributed by atoms with Gasteiger partial charge >= 0.3 is 0 Å². The molecule has 3 nitrogen and oxygen atoms in total. The number of nitrogens with zero attached hydrogens (tertiary/aromatic N) is 1. The number of primary amides is 1. The van der Waals surface area contributed by atoms with Crippen LogP contribution in [0, 0.1) is 6.92 Å². The second-order valence-corrected chi connectivity index (χ2v) is 4.60. The Morgan fingerprint density at radius 3 is 3.06 bits per heavy atom. The first-order valence-electron chi connectivity index (χ1n) is 5.72. The molecule has 1 amide bonds. The van der Waals surface area contributed by atoms with Gasteiger partial charge in [-0.3, -0.25) is 9.69 Å². The lowest BCUT2D eigenvalue weighted by Crippen LogP contribution is -2.31. The van der Waals surface area contributed by atoms with E-state index in [1.165, 1.54) is 11.1 Å². The number of amides is 1. The van der Waals surface area contributed by atoms with E-state index in [1.54, 1.807) is 0 Å². The lowest BCUT2D eigenvalue weighted by atomic mass is 9.97. The van der Waals surface area contributed by atoms with Crippen LogP contribution in [-0.4, -0.2) is 30.4 Å². The Kier molecular flexibility index (Phi) is 3.25. The number of nitrogens with two attached hydrogens (primary N) is 1. The summed E-state index contributed by atoms with van der Waals surface area (Å²) in [6, 6.07) is 8.62. The summed E-state index contributed by atoms with van der Waals surface area (Å²) < 4.78 is 0. The van der Waals surface area contributed by atoms with Gasteiger partial charge in [0.05, 0.1) is 6.54 Å². The number of hydrogen-bond donors (Lipinski definition) is 1. The topological polar surface area (TPSA) is 46.3 Å². The maximum absolute atomic E-state index is 10.8. The van der Waals surface area contributed by atoms with Crippen molar-refractivity contribution >= 4 is 5.91 Å². The van der Waals surface area contributed by atoms with Gasteiger partial charge < -0.3 is 5.73 Å². The molecule has 1 unspecified atom stereocenters. The van der Waals surface area contributed by atoms with E-state index >= 15 is 0 Å². The van der Waals surface area contributed by atoms with E-state index < -0.39 is 0 Å². The van der Waals surface area contributed by atoms with Crippen molar-refractivity contribution in [2.75, 3.05) is 19.6 Å². The Balaban J connectivity index is 2.00. The fraction of sp³-hybridized carbons (Fsp3) is 0.462. The van der Waals surface area contributed by atoms with Crippen molar-refractivity contribution < 1.29 is 4.79 Å². The van der Waals surface area contributed by atoms with E-state index in [-0.39, 0.29) is 5.91 Å².